The molecule has 1 aromatic carbocycles. The molecule has 0 aliphatic rings. The minimum absolute atomic E-state index is 0.0781. The Labute approximate surface area is 90.1 Å². The van der Waals surface area contributed by atoms with Crippen LogP contribution in [0.4, 0.5) is 11.4 Å². The Morgan fingerprint density at radius 2 is 2.20 bits per heavy atom. The zero-order valence-corrected chi connectivity index (χ0v) is 9.16. The van der Waals surface area contributed by atoms with E-state index in [-0.39, 0.29) is 12.7 Å². The van der Waals surface area contributed by atoms with Crippen molar-refractivity contribution < 1.29 is 9.84 Å². The van der Waals surface area contributed by atoms with Gasteiger partial charge in [-0.1, -0.05) is 6.07 Å². The SMILES string of the molecule is CC(C)Oc1cccc(NCCO)c1N. The van der Waals surface area contributed by atoms with Crippen LogP contribution < -0.4 is 15.8 Å². The first-order valence-electron chi connectivity index (χ1n) is 5.05. The second kappa shape index (κ2) is 5.46. The van der Waals surface area contributed by atoms with Crippen LogP contribution in [-0.2, 0) is 0 Å². The zero-order chi connectivity index (χ0) is 11.3. The summed E-state index contributed by atoms with van der Waals surface area (Å²) in [6, 6.07) is 5.56. The van der Waals surface area contributed by atoms with Gasteiger partial charge in [-0.3, -0.25) is 0 Å². The largest absolute Gasteiger partial charge is 0.489 e. The lowest BCUT2D eigenvalue weighted by Gasteiger charge is -2.15. The standard InChI is InChI=1S/C11H18N2O2/c1-8(2)15-10-5-3-4-9(11(10)12)13-6-7-14/h3-5,8,13-14H,6-7,12H2,1-2H3. The molecular weight excluding hydrogens is 192 g/mol. The fourth-order valence-corrected chi connectivity index (χ4v) is 1.25. The van der Waals surface area contributed by atoms with Crippen LogP contribution in [0, 0.1) is 0 Å². The van der Waals surface area contributed by atoms with Crippen molar-refractivity contribution in [3.63, 3.8) is 0 Å². The molecule has 0 heterocycles. The highest BCUT2D eigenvalue weighted by atomic mass is 16.5. The number of rotatable bonds is 5. The number of nitrogens with one attached hydrogen (secondary N) is 1. The quantitative estimate of drug-likeness (QED) is 0.644. The van der Waals surface area contributed by atoms with Crippen LogP contribution >= 0.6 is 0 Å². The van der Waals surface area contributed by atoms with Crippen molar-refractivity contribution in [1.29, 1.82) is 0 Å². The van der Waals surface area contributed by atoms with Crippen LogP contribution in [0.3, 0.4) is 0 Å². The van der Waals surface area contributed by atoms with Gasteiger partial charge in [0.15, 0.2) is 0 Å². The van der Waals surface area contributed by atoms with Crippen LogP contribution in [-0.4, -0.2) is 24.4 Å². The Hall–Kier alpha value is -1.42. The summed E-state index contributed by atoms with van der Waals surface area (Å²) in [5.41, 5.74) is 7.28. The van der Waals surface area contributed by atoms with Crippen LogP contribution in [0.5, 0.6) is 5.75 Å². The Morgan fingerprint density at radius 3 is 2.80 bits per heavy atom. The molecule has 0 aliphatic heterocycles. The fraction of sp³-hybridized carbons (Fsp3) is 0.455. The summed E-state index contributed by atoms with van der Waals surface area (Å²) in [6.07, 6.45) is 0.0976. The van der Waals surface area contributed by atoms with Crippen molar-refractivity contribution in [3.8, 4) is 5.75 Å². The van der Waals surface area contributed by atoms with Crippen LogP contribution in [0.2, 0.25) is 0 Å². The van der Waals surface area contributed by atoms with Crippen LogP contribution in [0.15, 0.2) is 18.2 Å². The van der Waals surface area contributed by atoms with Crippen LogP contribution in [0.25, 0.3) is 0 Å². The van der Waals surface area contributed by atoms with Crippen molar-refractivity contribution >= 4 is 11.4 Å². The molecule has 0 atom stereocenters. The number of nitrogen functional groups attached to an aromatic ring is 1. The molecule has 1 rings (SSSR count). The number of aliphatic hydroxyl groups is 1. The van der Waals surface area contributed by atoms with Gasteiger partial charge in [-0.05, 0) is 26.0 Å². The fourth-order valence-electron chi connectivity index (χ4n) is 1.25. The molecule has 0 spiro atoms. The normalized spacial score (nSPS) is 10.4. The summed E-state index contributed by atoms with van der Waals surface area (Å²) in [7, 11) is 0. The van der Waals surface area contributed by atoms with Gasteiger partial charge in [0.2, 0.25) is 0 Å². The van der Waals surface area contributed by atoms with E-state index in [0.717, 1.165) is 5.69 Å². The summed E-state index contributed by atoms with van der Waals surface area (Å²) in [5, 5.41) is 11.7. The molecule has 0 radical (unpaired) electrons. The van der Waals surface area contributed by atoms with Gasteiger partial charge < -0.3 is 20.9 Å². The van der Waals surface area contributed by atoms with Gasteiger partial charge >= 0.3 is 0 Å². The maximum Gasteiger partial charge on any atom is 0.144 e. The van der Waals surface area contributed by atoms with Gasteiger partial charge in [0.05, 0.1) is 24.1 Å². The summed E-state index contributed by atoms with van der Waals surface area (Å²) in [4.78, 5) is 0. The minimum Gasteiger partial charge on any atom is -0.489 e. The summed E-state index contributed by atoms with van der Waals surface area (Å²) in [6.45, 7) is 4.46. The third kappa shape index (κ3) is 3.32. The van der Waals surface area contributed by atoms with Gasteiger partial charge in [0.25, 0.3) is 0 Å². The Kier molecular flexibility index (Phi) is 4.24. The van der Waals surface area contributed by atoms with Gasteiger partial charge in [0.1, 0.15) is 5.75 Å². The van der Waals surface area contributed by atoms with Crippen molar-refractivity contribution in [2.45, 2.75) is 20.0 Å². The van der Waals surface area contributed by atoms with E-state index in [1.54, 1.807) is 0 Å². The Bertz CT molecular complexity index is 313. The first-order valence-corrected chi connectivity index (χ1v) is 5.05. The third-order valence-corrected chi connectivity index (χ3v) is 1.86. The van der Waals surface area contributed by atoms with E-state index < -0.39 is 0 Å². The first-order chi connectivity index (χ1) is 7.15. The maximum atomic E-state index is 8.70. The highest BCUT2D eigenvalue weighted by Crippen LogP contribution is 2.29. The molecule has 1 aromatic rings. The maximum absolute atomic E-state index is 8.70. The predicted octanol–water partition coefficient (Wildman–Crippen LogP) is 1.46. The number of ether oxygens (including phenoxy) is 1. The van der Waals surface area contributed by atoms with Gasteiger partial charge in [-0.15, -0.1) is 0 Å². The topological polar surface area (TPSA) is 67.5 Å². The van der Waals surface area contributed by atoms with Gasteiger partial charge in [-0.25, -0.2) is 0 Å². The smallest absolute Gasteiger partial charge is 0.144 e. The number of nitrogens with two attached hydrogens (primary N) is 1. The van der Waals surface area contributed by atoms with E-state index >= 15 is 0 Å². The molecule has 0 bridgehead atoms. The second-order valence-corrected chi connectivity index (χ2v) is 3.53. The zero-order valence-electron chi connectivity index (χ0n) is 9.16. The monoisotopic (exact) mass is 210 g/mol. The molecule has 0 fully saturated rings. The molecule has 4 nitrogen and oxygen atoms in total. The molecule has 0 unspecified atom stereocenters. The molecule has 0 saturated heterocycles. The highest BCUT2D eigenvalue weighted by Gasteiger charge is 2.06. The average Bonchev–Trinajstić information content (AvgIpc) is 2.19. The number of hydrogen-bond donors (Lipinski definition) is 3. The number of benzene rings is 1. The lowest BCUT2D eigenvalue weighted by atomic mass is 10.2. The molecule has 0 aliphatic carbocycles. The van der Waals surface area contributed by atoms with E-state index in [2.05, 4.69) is 5.32 Å². The lowest BCUT2D eigenvalue weighted by molar-refractivity contribution is 0.244. The molecular formula is C11H18N2O2. The summed E-state index contributed by atoms with van der Waals surface area (Å²) in [5.74, 6) is 0.674. The number of hydrogen-bond acceptors (Lipinski definition) is 4. The summed E-state index contributed by atoms with van der Waals surface area (Å²) >= 11 is 0. The molecule has 0 amide bonds. The highest BCUT2D eigenvalue weighted by molar-refractivity contribution is 5.72. The molecule has 0 aromatic heterocycles. The molecule has 15 heavy (non-hydrogen) atoms. The van der Waals surface area contributed by atoms with E-state index in [4.69, 9.17) is 15.6 Å². The van der Waals surface area contributed by atoms with Gasteiger partial charge in [0, 0.05) is 6.54 Å². The molecule has 0 saturated carbocycles. The van der Waals surface area contributed by atoms with E-state index in [9.17, 15) is 0 Å². The van der Waals surface area contributed by atoms with Crippen molar-refractivity contribution in [2.75, 3.05) is 24.2 Å². The van der Waals surface area contributed by atoms with Gasteiger partial charge in [-0.2, -0.15) is 0 Å². The van der Waals surface area contributed by atoms with Crippen molar-refractivity contribution in [1.82, 2.24) is 0 Å². The van der Waals surface area contributed by atoms with E-state index in [1.165, 1.54) is 0 Å². The van der Waals surface area contributed by atoms with E-state index in [0.29, 0.717) is 18.0 Å². The third-order valence-electron chi connectivity index (χ3n) is 1.86. The molecule has 84 valence electrons. The van der Waals surface area contributed by atoms with E-state index in [1.807, 2.05) is 32.0 Å². The first kappa shape index (κ1) is 11.7. The minimum atomic E-state index is 0.0781. The van der Waals surface area contributed by atoms with Crippen LogP contribution in [0.1, 0.15) is 13.8 Å². The predicted molar refractivity (Wildman–Crippen MR) is 62.2 cm³/mol. The van der Waals surface area contributed by atoms with Crippen molar-refractivity contribution in [3.05, 3.63) is 18.2 Å². The Morgan fingerprint density at radius 1 is 1.47 bits per heavy atom. The lowest BCUT2D eigenvalue weighted by Crippen LogP contribution is -2.11. The number of anilines is 2. The second-order valence-electron chi connectivity index (χ2n) is 3.53. The van der Waals surface area contributed by atoms with Crippen molar-refractivity contribution in [2.24, 2.45) is 0 Å². The number of para-hydroxylation sites is 1. The molecule has 4 heteroatoms. The number of aliphatic hydroxyl groups excluding tert-OH is 1. The summed E-state index contributed by atoms with van der Waals surface area (Å²) < 4.78 is 5.54. The molecule has 4 N–H and O–H groups in total. The average molecular weight is 210 g/mol. The Balaban J connectivity index is 2.80.